The predicted octanol–water partition coefficient (Wildman–Crippen LogP) is 3.67. The number of nitrogen functional groups attached to an aromatic ring is 1. The number of nitrogens with two attached hydrogens (primary N) is 1. The minimum absolute atomic E-state index is 0.153. The number of nitrogens with zero attached hydrogens (tertiary/aromatic N) is 3. The van der Waals surface area contributed by atoms with Gasteiger partial charge in [0.05, 0.1) is 16.2 Å². The summed E-state index contributed by atoms with van der Waals surface area (Å²) in [5.74, 6) is 5.92. The van der Waals surface area contributed by atoms with Gasteiger partial charge in [-0.05, 0) is 46.2 Å². The summed E-state index contributed by atoms with van der Waals surface area (Å²) in [6.07, 6.45) is 1.41. The van der Waals surface area contributed by atoms with Crippen LogP contribution in [0.2, 0.25) is 5.02 Å². The van der Waals surface area contributed by atoms with Crippen LogP contribution >= 0.6 is 23.4 Å². The minimum Gasteiger partial charge on any atom is -0.336 e. The normalized spacial score (nSPS) is 18.2. The number of halogens is 1. The Bertz CT molecular complexity index is 1350. The lowest BCUT2D eigenvalue weighted by molar-refractivity contribution is 0.557. The van der Waals surface area contributed by atoms with E-state index >= 15 is 0 Å². The van der Waals surface area contributed by atoms with Crippen LogP contribution in [0.15, 0.2) is 77.0 Å². The lowest BCUT2D eigenvalue weighted by atomic mass is 10.1. The molecular formula is C20H16ClN5O2S2. The highest BCUT2D eigenvalue weighted by Gasteiger charge is 2.38. The fourth-order valence-corrected chi connectivity index (χ4v) is 6.38. The van der Waals surface area contributed by atoms with E-state index in [1.807, 2.05) is 36.4 Å². The lowest BCUT2D eigenvalue weighted by Crippen LogP contribution is -2.30. The second-order valence-corrected chi connectivity index (χ2v) is 10.2. The van der Waals surface area contributed by atoms with Gasteiger partial charge in [-0.2, -0.15) is 0 Å². The average Bonchev–Trinajstić information content (AvgIpc) is 3.26. The van der Waals surface area contributed by atoms with Crippen LogP contribution in [0.3, 0.4) is 0 Å². The molecule has 30 heavy (non-hydrogen) atoms. The van der Waals surface area contributed by atoms with Crippen LogP contribution in [0.5, 0.6) is 0 Å². The molecular weight excluding hydrogens is 442 g/mol. The van der Waals surface area contributed by atoms with Crippen molar-refractivity contribution in [3.05, 3.63) is 83.1 Å². The maximum absolute atomic E-state index is 13.2. The summed E-state index contributed by atoms with van der Waals surface area (Å²) in [5.41, 5.74) is 1.95. The molecule has 3 N–H and O–H groups in total. The van der Waals surface area contributed by atoms with Crippen LogP contribution in [-0.4, -0.2) is 23.3 Å². The predicted molar refractivity (Wildman–Crippen MR) is 117 cm³/mol. The molecule has 1 heterocycles. The number of thioether (sulfide) groups is 1. The van der Waals surface area contributed by atoms with Crippen molar-refractivity contribution < 1.29 is 8.42 Å². The quantitative estimate of drug-likeness (QED) is 0.443. The largest absolute Gasteiger partial charge is 0.336 e. The second-order valence-electron chi connectivity index (χ2n) is 6.90. The molecule has 0 fully saturated rings. The van der Waals surface area contributed by atoms with Crippen molar-refractivity contribution >= 4 is 44.2 Å². The number of aromatic nitrogens is 3. The summed E-state index contributed by atoms with van der Waals surface area (Å²) in [4.78, 5) is 0.153. The van der Waals surface area contributed by atoms with Crippen molar-refractivity contribution in [1.29, 1.82) is 0 Å². The number of hydrogen-bond acceptors (Lipinski definition) is 6. The maximum Gasteiger partial charge on any atom is 0.241 e. The highest BCUT2D eigenvalue weighted by Crippen LogP contribution is 2.52. The third-order valence-electron chi connectivity index (χ3n) is 5.09. The Hall–Kier alpha value is -2.59. The van der Waals surface area contributed by atoms with Gasteiger partial charge < -0.3 is 5.84 Å². The van der Waals surface area contributed by atoms with Gasteiger partial charge in [-0.1, -0.05) is 59.8 Å². The SMILES string of the molecule is Nn1cnnc1S[C@@H]1c2cccc3cccc(c23)[C@@H]1NS(=O)(=O)c1ccc(Cl)cc1. The van der Waals surface area contributed by atoms with Gasteiger partial charge in [0.15, 0.2) is 0 Å². The monoisotopic (exact) mass is 457 g/mol. The van der Waals surface area contributed by atoms with Gasteiger partial charge in [0.25, 0.3) is 0 Å². The van der Waals surface area contributed by atoms with E-state index < -0.39 is 16.1 Å². The summed E-state index contributed by atoms with van der Waals surface area (Å²) in [6.45, 7) is 0. The van der Waals surface area contributed by atoms with E-state index in [4.69, 9.17) is 17.4 Å². The highest BCUT2D eigenvalue weighted by molar-refractivity contribution is 7.99. The van der Waals surface area contributed by atoms with Crippen molar-refractivity contribution in [2.75, 3.05) is 5.84 Å². The van der Waals surface area contributed by atoms with Crippen LogP contribution in [0, 0.1) is 0 Å². The molecule has 0 amide bonds. The topological polar surface area (TPSA) is 103 Å². The van der Waals surface area contributed by atoms with E-state index in [2.05, 4.69) is 14.9 Å². The zero-order chi connectivity index (χ0) is 20.9. The van der Waals surface area contributed by atoms with E-state index in [1.165, 1.54) is 34.9 Å². The smallest absolute Gasteiger partial charge is 0.241 e. The summed E-state index contributed by atoms with van der Waals surface area (Å²) < 4.78 is 30.5. The molecule has 7 nitrogen and oxygen atoms in total. The Morgan fingerprint density at radius 3 is 2.40 bits per heavy atom. The highest BCUT2D eigenvalue weighted by atomic mass is 35.5. The van der Waals surface area contributed by atoms with Gasteiger partial charge in [0.1, 0.15) is 6.33 Å². The molecule has 4 aromatic rings. The molecule has 1 aromatic heterocycles. The second kappa shape index (κ2) is 7.28. The number of benzene rings is 3. The molecule has 0 spiro atoms. The van der Waals surface area contributed by atoms with E-state index in [1.54, 1.807) is 12.1 Å². The standard InChI is InChI=1S/C20H16ClN5O2S2/c21-13-7-9-14(10-8-13)30(27,28)25-18-15-5-1-3-12-4-2-6-16(17(12)15)19(18)29-20-24-23-11-26(20)22/h1-11,18-19,25H,22H2/t18-,19+/m0/s1. The Morgan fingerprint density at radius 2 is 1.73 bits per heavy atom. The third kappa shape index (κ3) is 3.24. The van der Waals surface area contributed by atoms with E-state index in [0.29, 0.717) is 10.2 Å². The number of nitrogens with one attached hydrogen (secondary N) is 1. The molecule has 0 radical (unpaired) electrons. The van der Waals surface area contributed by atoms with Crippen molar-refractivity contribution in [2.24, 2.45) is 0 Å². The summed E-state index contributed by atoms with van der Waals surface area (Å²) in [7, 11) is -3.79. The lowest BCUT2D eigenvalue weighted by Gasteiger charge is -2.22. The first-order valence-corrected chi connectivity index (χ1v) is 11.8. The van der Waals surface area contributed by atoms with Crippen LogP contribution in [0.25, 0.3) is 10.8 Å². The first kappa shape index (κ1) is 19.4. The molecule has 0 saturated heterocycles. The fourth-order valence-electron chi connectivity index (χ4n) is 3.77. The first-order chi connectivity index (χ1) is 14.4. The molecule has 0 bridgehead atoms. The van der Waals surface area contributed by atoms with Crippen LogP contribution in [0.4, 0.5) is 0 Å². The first-order valence-electron chi connectivity index (χ1n) is 9.05. The van der Waals surface area contributed by atoms with Gasteiger partial charge in [-0.3, -0.25) is 0 Å². The molecule has 0 aliphatic heterocycles. The van der Waals surface area contributed by atoms with Crippen molar-refractivity contribution in [3.8, 4) is 0 Å². The number of sulfonamides is 1. The van der Waals surface area contributed by atoms with Crippen LogP contribution in [0.1, 0.15) is 22.4 Å². The molecule has 10 heteroatoms. The zero-order valence-electron chi connectivity index (χ0n) is 15.4. The third-order valence-corrected chi connectivity index (χ3v) is 8.08. The van der Waals surface area contributed by atoms with Gasteiger partial charge in [-0.25, -0.2) is 17.8 Å². The molecule has 3 aromatic carbocycles. The maximum atomic E-state index is 13.2. The Labute approximate surface area is 182 Å². The molecule has 0 saturated carbocycles. The van der Waals surface area contributed by atoms with Crippen molar-refractivity contribution in [3.63, 3.8) is 0 Å². The Balaban J connectivity index is 1.60. The van der Waals surface area contributed by atoms with E-state index in [9.17, 15) is 8.42 Å². The van der Waals surface area contributed by atoms with Gasteiger partial charge in [-0.15, -0.1) is 10.2 Å². The van der Waals surface area contributed by atoms with Crippen LogP contribution in [-0.2, 0) is 10.0 Å². The van der Waals surface area contributed by atoms with E-state index in [-0.39, 0.29) is 10.1 Å². The number of hydrogen-bond donors (Lipinski definition) is 2. The Kier molecular flexibility index (Phi) is 4.70. The fraction of sp³-hybridized carbons (Fsp3) is 0.100. The molecule has 2 atom stereocenters. The van der Waals surface area contributed by atoms with Gasteiger partial charge in [0, 0.05) is 5.02 Å². The summed E-state index contributed by atoms with van der Waals surface area (Å²) in [5, 5.41) is 10.7. The number of rotatable bonds is 5. The Morgan fingerprint density at radius 1 is 1.03 bits per heavy atom. The molecule has 1 aliphatic carbocycles. The minimum atomic E-state index is -3.79. The average molecular weight is 458 g/mol. The molecule has 0 unspecified atom stereocenters. The van der Waals surface area contributed by atoms with Crippen molar-refractivity contribution in [2.45, 2.75) is 21.3 Å². The van der Waals surface area contributed by atoms with E-state index in [0.717, 1.165) is 21.9 Å². The van der Waals surface area contributed by atoms with Crippen molar-refractivity contribution in [1.82, 2.24) is 19.6 Å². The van der Waals surface area contributed by atoms with Gasteiger partial charge >= 0.3 is 0 Å². The molecule has 152 valence electrons. The molecule has 5 rings (SSSR count). The zero-order valence-corrected chi connectivity index (χ0v) is 17.8. The van der Waals surface area contributed by atoms with Gasteiger partial charge in [0.2, 0.25) is 15.2 Å². The molecule has 1 aliphatic rings. The van der Waals surface area contributed by atoms with Crippen LogP contribution < -0.4 is 10.6 Å². The summed E-state index contributed by atoms with van der Waals surface area (Å²) in [6, 6.07) is 17.5. The summed E-state index contributed by atoms with van der Waals surface area (Å²) >= 11 is 7.30.